The van der Waals surface area contributed by atoms with Crippen molar-refractivity contribution in [2.75, 3.05) is 0 Å². The van der Waals surface area contributed by atoms with E-state index in [0.717, 1.165) is 0 Å². The molecule has 0 aliphatic heterocycles. The van der Waals surface area contributed by atoms with Crippen molar-refractivity contribution in [3.05, 3.63) is 48.0 Å². The van der Waals surface area contributed by atoms with Crippen molar-refractivity contribution in [1.82, 2.24) is 0 Å². The summed E-state index contributed by atoms with van der Waals surface area (Å²) in [5.41, 5.74) is 2.67. The van der Waals surface area contributed by atoms with Gasteiger partial charge in [-0.3, -0.25) is 0 Å². The van der Waals surface area contributed by atoms with Crippen molar-refractivity contribution in [1.29, 1.82) is 0 Å². The molecule has 1 atom stereocenters. The summed E-state index contributed by atoms with van der Waals surface area (Å²) in [7, 11) is 0. The van der Waals surface area contributed by atoms with E-state index >= 15 is 0 Å². The zero-order valence-corrected chi connectivity index (χ0v) is 8.75. The lowest BCUT2D eigenvalue weighted by Crippen LogP contribution is -2.02. The van der Waals surface area contributed by atoms with E-state index in [-0.39, 0.29) is 0 Å². The molecule has 0 fully saturated rings. The molecule has 0 heteroatoms. The fourth-order valence-electron chi connectivity index (χ4n) is 1.46. The number of benzene rings is 1. The van der Waals surface area contributed by atoms with Crippen molar-refractivity contribution in [3.63, 3.8) is 0 Å². The predicted octanol–water partition coefficient (Wildman–Crippen LogP) is 4.00. The Bertz CT molecular complexity index is 269. The summed E-state index contributed by atoms with van der Waals surface area (Å²) in [4.78, 5) is 0. The zero-order valence-electron chi connectivity index (χ0n) is 8.75. The Morgan fingerprint density at radius 1 is 1.08 bits per heavy atom. The Hall–Kier alpha value is -1.04. The van der Waals surface area contributed by atoms with Crippen molar-refractivity contribution in [2.24, 2.45) is 5.92 Å². The van der Waals surface area contributed by atoms with E-state index in [1.165, 1.54) is 11.1 Å². The lowest BCUT2D eigenvalue weighted by molar-refractivity contribution is 0.686. The number of hydrogen-bond donors (Lipinski definition) is 0. The molecule has 0 aromatic heterocycles. The van der Waals surface area contributed by atoms with Crippen LogP contribution in [0.5, 0.6) is 0 Å². The molecule has 0 aliphatic carbocycles. The van der Waals surface area contributed by atoms with E-state index in [1.54, 1.807) is 0 Å². The van der Waals surface area contributed by atoms with Gasteiger partial charge in [0.2, 0.25) is 0 Å². The lowest BCUT2D eigenvalue weighted by atomic mass is 9.87. The summed E-state index contributed by atoms with van der Waals surface area (Å²) < 4.78 is 0. The second kappa shape index (κ2) is 4.27. The summed E-state index contributed by atoms with van der Waals surface area (Å²) in [5, 5.41) is 0. The standard InChI is InChI=1S/C13H18/c1-10(2)11(3)12(4)13-8-6-5-7-9-13/h5-10,12H,3H2,1-2,4H3. The van der Waals surface area contributed by atoms with Crippen LogP contribution in [0.15, 0.2) is 42.5 Å². The molecule has 1 unspecified atom stereocenters. The monoisotopic (exact) mass is 174 g/mol. The topological polar surface area (TPSA) is 0 Å². The molecule has 0 spiro atoms. The highest BCUT2D eigenvalue weighted by atomic mass is 14.2. The van der Waals surface area contributed by atoms with Gasteiger partial charge in [0.05, 0.1) is 0 Å². The molecule has 0 heterocycles. The minimum absolute atomic E-state index is 0.473. The Morgan fingerprint density at radius 3 is 2.08 bits per heavy atom. The molecule has 0 saturated heterocycles. The molecule has 0 N–H and O–H groups in total. The van der Waals surface area contributed by atoms with Gasteiger partial charge in [0.15, 0.2) is 0 Å². The highest BCUT2D eigenvalue weighted by molar-refractivity contribution is 5.27. The van der Waals surface area contributed by atoms with E-state index in [4.69, 9.17) is 0 Å². The van der Waals surface area contributed by atoms with Gasteiger partial charge in [-0.15, -0.1) is 0 Å². The van der Waals surface area contributed by atoms with Gasteiger partial charge in [-0.25, -0.2) is 0 Å². The Morgan fingerprint density at radius 2 is 1.62 bits per heavy atom. The maximum atomic E-state index is 4.13. The molecule has 0 bridgehead atoms. The minimum atomic E-state index is 0.473. The van der Waals surface area contributed by atoms with Gasteiger partial charge in [-0.2, -0.15) is 0 Å². The molecule has 1 rings (SSSR count). The normalized spacial score (nSPS) is 12.9. The third kappa shape index (κ3) is 2.45. The highest BCUT2D eigenvalue weighted by Crippen LogP contribution is 2.27. The third-order valence-electron chi connectivity index (χ3n) is 2.60. The summed E-state index contributed by atoms with van der Waals surface area (Å²) in [6, 6.07) is 10.5. The fraction of sp³-hybridized carbons (Fsp3) is 0.385. The van der Waals surface area contributed by atoms with Crippen LogP contribution in [-0.4, -0.2) is 0 Å². The lowest BCUT2D eigenvalue weighted by Gasteiger charge is -2.18. The summed E-state index contributed by atoms with van der Waals surface area (Å²) >= 11 is 0. The first-order chi connectivity index (χ1) is 6.13. The fourth-order valence-corrected chi connectivity index (χ4v) is 1.46. The van der Waals surface area contributed by atoms with E-state index in [2.05, 4.69) is 51.6 Å². The molecular formula is C13H18. The second-order valence-electron chi connectivity index (χ2n) is 3.86. The van der Waals surface area contributed by atoms with E-state index < -0.39 is 0 Å². The smallest absolute Gasteiger partial charge is 0.00196 e. The molecule has 0 saturated carbocycles. The minimum Gasteiger partial charge on any atom is -0.0990 e. The van der Waals surface area contributed by atoms with Crippen LogP contribution in [0.4, 0.5) is 0 Å². The molecule has 0 amide bonds. The highest BCUT2D eigenvalue weighted by Gasteiger charge is 2.11. The molecule has 0 radical (unpaired) electrons. The van der Waals surface area contributed by atoms with Crippen LogP contribution in [0.3, 0.4) is 0 Å². The van der Waals surface area contributed by atoms with Gasteiger partial charge < -0.3 is 0 Å². The van der Waals surface area contributed by atoms with Crippen LogP contribution in [0.2, 0.25) is 0 Å². The van der Waals surface area contributed by atoms with Gasteiger partial charge in [-0.05, 0) is 11.5 Å². The zero-order chi connectivity index (χ0) is 9.84. The van der Waals surface area contributed by atoms with Crippen LogP contribution in [-0.2, 0) is 0 Å². The predicted molar refractivity (Wildman–Crippen MR) is 58.8 cm³/mol. The molecule has 13 heavy (non-hydrogen) atoms. The first-order valence-electron chi connectivity index (χ1n) is 4.86. The molecule has 1 aromatic rings. The van der Waals surface area contributed by atoms with Gasteiger partial charge in [-0.1, -0.05) is 63.3 Å². The molecular weight excluding hydrogens is 156 g/mol. The maximum Gasteiger partial charge on any atom is 0.00196 e. The van der Waals surface area contributed by atoms with E-state index in [1.807, 2.05) is 6.07 Å². The van der Waals surface area contributed by atoms with Crippen molar-refractivity contribution < 1.29 is 0 Å². The summed E-state index contributed by atoms with van der Waals surface area (Å²) in [5.74, 6) is 1.04. The Labute approximate surface area is 81.3 Å². The van der Waals surface area contributed by atoms with Crippen LogP contribution >= 0.6 is 0 Å². The first-order valence-corrected chi connectivity index (χ1v) is 4.86. The van der Waals surface area contributed by atoms with Crippen LogP contribution in [0.25, 0.3) is 0 Å². The average Bonchev–Trinajstić information content (AvgIpc) is 2.17. The SMILES string of the molecule is C=C(C(C)C)C(C)c1ccccc1. The number of hydrogen-bond acceptors (Lipinski definition) is 0. The van der Waals surface area contributed by atoms with Gasteiger partial charge >= 0.3 is 0 Å². The first kappa shape index (κ1) is 10.0. The molecule has 0 nitrogen and oxygen atoms in total. The van der Waals surface area contributed by atoms with Crippen LogP contribution < -0.4 is 0 Å². The summed E-state index contributed by atoms with van der Waals surface area (Å²) in [6.45, 7) is 10.7. The molecule has 1 aromatic carbocycles. The third-order valence-corrected chi connectivity index (χ3v) is 2.60. The quantitative estimate of drug-likeness (QED) is 0.607. The molecule has 0 aliphatic rings. The Balaban J connectivity index is 2.80. The van der Waals surface area contributed by atoms with Gasteiger partial charge in [0.1, 0.15) is 0 Å². The maximum absolute atomic E-state index is 4.13. The van der Waals surface area contributed by atoms with E-state index in [0.29, 0.717) is 11.8 Å². The van der Waals surface area contributed by atoms with Crippen LogP contribution in [0, 0.1) is 5.92 Å². The number of allylic oxidation sites excluding steroid dienone is 1. The average molecular weight is 174 g/mol. The van der Waals surface area contributed by atoms with Gasteiger partial charge in [0, 0.05) is 5.92 Å². The van der Waals surface area contributed by atoms with Crippen molar-refractivity contribution in [2.45, 2.75) is 26.7 Å². The van der Waals surface area contributed by atoms with E-state index in [9.17, 15) is 0 Å². The summed E-state index contributed by atoms with van der Waals surface area (Å²) in [6.07, 6.45) is 0. The largest absolute Gasteiger partial charge is 0.0990 e. The van der Waals surface area contributed by atoms with Crippen molar-refractivity contribution >= 4 is 0 Å². The van der Waals surface area contributed by atoms with Crippen LogP contribution in [0.1, 0.15) is 32.3 Å². The van der Waals surface area contributed by atoms with Gasteiger partial charge in [0.25, 0.3) is 0 Å². The molecule has 70 valence electrons. The number of rotatable bonds is 3. The Kier molecular flexibility index (Phi) is 3.30. The van der Waals surface area contributed by atoms with Crippen molar-refractivity contribution in [3.8, 4) is 0 Å². The second-order valence-corrected chi connectivity index (χ2v) is 3.86.